The molecule has 1 unspecified atom stereocenters. The van der Waals surface area contributed by atoms with E-state index in [9.17, 15) is 4.79 Å². The average Bonchev–Trinajstić information content (AvgIpc) is 2.89. The number of pyridine rings is 1. The smallest absolute Gasteiger partial charge is 0.356 e. The van der Waals surface area contributed by atoms with Crippen molar-refractivity contribution in [3.63, 3.8) is 0 Å². The number of aryl methyl sites for hydroxylation is 1. The normalized spacial score (nSPS) is 16.3. The topological polar surface area (TPSA) is 77.2 Å². The Morgan fingerprint density at radius 2 is 2.24 bits per heavy atom. The lowest BCUT2D eigenvalue weighted by molar-refractivity contribution is 0.0594. The van der Waals surface area contributed by atoms with Crippen molar-refractivity contribution in [1.29, 1.82) is 0 Å². The minimum absolute atomic E-state index is 0.230. The molecule has 1 heterocycles. The Balaban J connectivity index is 1.81. The minimum Gasteiger partial charge on any atom is -0.464 e. The molecule has 1 aromatic heterocycles. The van der Waals surface area contributed by atoms with Crippen molar-refractivity contribution in [3.8, 4) is 0 Å². The maximum absolute atomic E-state index is 11.5. The lowest BCUT2D eigenvalue weighted by atomic mass is 10.1. The van der Waals surface area contributed by atoms with Crippen LogP contribution in [0.25, 0.3) is 0 Å². The molecule has 1 aromatic carbocycles. The molecule has 3 N–H and O–H groups in total. The first kappa shape index (κ1) is 13.4. The summed E-state index contributed by atoms with van der Waals surface area (Å²) in [5.41, 5.74) is 10.3. The zero-order chi connectivity index (χ0) is 14.8. The fraction of sp³-hybridized carbons (Fsp3) is 0.250. The Labute approximate surface area is 123 Å². The molecule has 3 rings (SSSR count). The van der Waals surface area contributed by atoms with Crippen molar-refractivity contribution < 1.29 is 9.53 Å². The van der Waals surface area contributed by atoms with Gasteiger partial charge in [-0.1, -0.05) is 6.07 Å². The molecular weight excluding hydrogens is 266 g/mol. The van der Waals surface area contributed by atoms with E-state index in [1.165, 1.54) is 18.2 Å². The number of aromatic nitrogens is 1. The Kier molecular flexibility index (Phi) is 3.48. The molecule has 0 spiro atoms. The number of methoxy groups -OCH3 is 1. The molecule has 0 aliphatic heterocycles. The Bertz CT molecular complexity index is 685. The summed E-state index contributed by atoms with van der Waals surface area (Å²) in [6.45, 7) is 0. The van der Waals surface area contributed by atoms with Crippen LogP contribution in [0.4, 0.5) is 11.4 Å². The number of ether oxygens (including phenoxy) is 1. The van der Waals surface area contributed by atoms with E-state index in [0.717, 1.165) is 24.2 Å². The van der Waals surface area contributed by atoms with Gasteiger partial charge in [-0.05, 0) is 48.2 Å². The van der Waals surface area contributed by atoms with Crippen molar-refractivity contribution in [2.45, 2.75) is 18.9 Å². The van der Waals surface area contributed by atoms with Gasteiger partial charge >= 0.3 is 5.97 Å². The van der Waals surface area contributed by atoms with E-state index in [4.69, 9.17) is 5.73 Å². The van der Waals surface area contributed by atoms with E-state index >= 15 is 0 Å². The highest BCUT2D eigenvalue weighted by atomic mass is 16.5. The third-order valence-corrected chi connectivity index (χ3v) is 3.74. The fourth-order valence-corrected chi connectivity index (χ4v) is 2.73. The van der Waals surface area contributed by atoms with Gasteiger partial charge in [0.2, 0.25) is 0 Å². The summed E-state index contributed by atoms with van der Waals surface area (Å²) < 4.78 is 4.69. The Hall–Kier alpha value is -2.56. The Morgan fingerprint density at radius 3 is 3.05 bits per heavy atom. The minimum atomic E-state index is -0.432. The molecule has 0 saturated carbocycles. The third-order valence-electron chi connectivity index (χ3n) is 3.74. The molecule has 1 aliphatic carbocycles. The van der Waals surface area contributed by atoms with Crippen LogP contribution in [0.1, 0.15) is 34.1 Å². The second-order valence-electron chi connectivity index (χ2n) is 5.12. The number of nitrogens with one attached hydrogen (secondary N) is 1. The lowest BCUT2D eigenvalue weighted by Crippen LogP contribution is -2.09. The SMILES string of the molecule is COC(=O)c1cc(NC2CCc3cc(N)ccc32)ccn1. The van der Waals surface area contributed by atoms with Gasteiger partial charge in [0.15, 0.2) is 0 Å². The number of carbonyl (C=O) groups is 1. The van der Waals surface area contributed by atoms with Crippen LogP contribution in [0.2, 0.25) is 0 Å². The largest absolute Gasteiger partial charge is 0.464 e. The van der Waals surface area contributed by atoms with E-state index in [1.54, 1.807) is 12.3 Å². The molecule has 0 amide bonds. The van der Waals surface area contributed by atoms with Gasteiger partial charge in [-0.15, -0.1) is 0 Å². The quantitative estimate of drug-likeness (QED) is 0.668. The summed E-state index contributed by atoms with van der Waals surface area (Å²) >= 11 is 0. The molecule has 5 heteroatoms. The summed E-state index contributed by atoms with van der Waals surface area (Å²) in [5, 5.41) is 3.45. The van der Waals surface area contributed by atoms with Crippen molar-refractivity contribution in [3.05, 3.63) is 53.3 Å². The first-order valence-corrected chi connectivity index (χ1v) is 6.86. The molecule has 1 atom stereocenters. The summed E-state index contributed by atoms with van der Waals surface area (Å²) in [6.07, 6.45) is 3.62. The standard InChI is InChI=1S/C16H17N3O2/c1-21-16(20)15-9-12(6-7-18-15)19-14-5-2-10-8-11(17)3-4-13(10)14/h3-4,6-9,14H,2,5,17H2,1H3,(H,18,19). The molecule has 0 saturated heterocycles. The molecule has 0 bridgehead atoms. The zero-order valence-electron chi connectivity index (χ0n) is 11.8. The number of esters is 1. The Morgan fingerprint density at radius 1 is 1.38 bits per heavy atom. The monoisotopic (exact) mass is 283 g/mol. The van der Waals surface area contributed by atoms with Crippen LogP contribution >= 0.6 is 0 Å². The van der Waals surface area contributed by atoms with Gasteiger partial charge < -0.3 is 15.8 Å². The number of hydrogen-bond donors (Lipinski definition) is 2. The van der Waals surface area contributed by atoms with Crippen LogP contribution in [-0.2, 0) is 11.2 Å². The summed E-state index contributed by atoms with van der Waals surface area (Å²) in [6, 6.07) is 9.81. The molecule has 0 fully saturated rings. The number of nitrogen functional groups attached to an aromatic ring is 1. The predicted octanol–water partition coefficient (Wildman–Crippen LogP) is 2.55. The highest BCUT2D eigenvalue weighted by molar-refractivity contribution is 5.88. The first-order chi connectivity index (χ1) is 10.2. The second kappa shape index (κ2) is 5.44. The van der Waals surface area contributed by atoms with E-state index in [1.807, 2.05) is 18.2 Å². The lowest BCUT2D eigenvalue weighted by Gasteiger charge is -2.16. The van der Waals surface area contributed by atoms with E-state index in [0.29, 0.717) is 5.69 Å². The van der Waals surface area contributed by atoms with Gasteiger partial charge in [0.05, 0.1) is 13.2 Å². The van der Waals surface area contributed by atoms with Crippen molar-refractivity contribution >= 4 is 17.3 Å². The first-order valence-electron chi connectivity index (χ1n) is 6.86. The van der Waals surface area contributed by atoms with Gasteiger partial charge in [0.1, 0.15) is 5.69 Å². The number of fused-ring (bicyclic) bond motifs is 1. The van der Waals surface area contributed by atoms with E-state index < -0.39 is 5.97 Å². The maximum atomic E-state index is 11.5. The third kappa shape index (κ3) is 2.67. The fourth-order valence-electron chi connectivity index (χ4n) is 2.73. The molecule has 108 valence electrons. The number of rotatable bonds is 3. The number of benzene rings is 1. The molecular formula is C16H17N3O2. The summed E-state index contributed by atoms with van der Waals surface area (Å²) in [7, 11) is 1.35. The van der Waals surface area contributed by atoms with E-state index in [-0.39, 0.29) is 6.04 Å². The van der Waals surface area contributed by atoms with Gasteiger partial charge in [-0.3, -0.25) is 0 Å². The van der Waals surface area contributed by atoms with Crippen LogP contribution in [-0.4, -0.2) is 18.1 Å². The molecule has 21 heavy (non-hydrogen) atoms. The van der Waals surface area contributed by atoms with Gasteiger partial charge in [-0.25, -0.2) is 9.78 Å². The van der Waals surface area contributed by atoms with Crippen molar-refractivity contribution in [2.24, 2.45) is 0 Å². The predicted molar refractivity (Wildman–Crippen MR) is 81.1 cm³/mol. The number of hydrogen-bond acceptors (Lipinski definition) is 5. The zero-order valence-corrected chi connectivity index (χ0v) is 11.8. The van der Waals surface area contributed by atoms with Crippen LogP contribution in [0, 0.1) is 0 Å². The average molecular weight is 283 g/mol. The number of anilines is 2. The highest BCUT2D eigenvalue weighted by Crippen LogP contribution is 2.34. The van der Waals surface area contributed by atoms with Gasteiger partial charge in [0.25, 0.3) is 0 Å². The van der Waals surface area contributed by atoms with Gasteiger partial charge in [-0.2, -0.15) is 0 Å². The molecule has 1 aliphatic rings. The summed E-state index contributed by atoms with van der Waals surface area (Å²) in [5.74, 6) is -0.432. The molecule has 0 radical (unpaired) electrons. The summed E-state index contributed by atoms with van der Waals surface area (Å²) in [4.78, 5) is 15.5. The second-order valence-corrected chi connectivity index (χ2v) is 5.12. The van der Waals surface area contributed by atoms with Crippen LogP contribution in [0.15, 0.2) is 36.5 Å². The van der Waals surface area contributed by atoms with Crippen molar-refractivity contribution in [1.82, 2.24) is 4.98 Å². The number of nitrogens with zero attached hydrogens (tertiary/aromatic N) is 1. The molecule has 2 aromatic rings. The highest BCUT2D eigenvalue weighted by Gasteiger charge is 2.22. The van der Waals surface area contributed by atoms with Crippen LogP contribution < -0.4 is 11.1 Å². The van der Waals surface area contributed by atoms with Crippen LogP contribution in [0.3, 0.4) is 0 Å². The number of carbonyl (C=O) groups excluding carboxylic acids is 1. The number of nitrogens with two attached hydrogens (primary N) is 1. The van der Waals surface area contributed by atoms with Gasteiger partial charge in [0, 0.05) is 17.6 Å². The molecule has 5 nitrogen and oxygen atoms in total. The van der Waals surface area contributed by atoms with Crippen molar-refractivity contribution in [2.75, 3.05) is 18.2 Å². The van der Waals surface area contributed by atoms with E-state index in [2.05, 4.69) is 21.1 Å². The van der Waals surface area contributed by atoms with Crippen LogP contribution in [0.5, 0.6) is 0 Å². The maximum Gasteiger partial charge on any atom is 0.356 e.